The van der Waals surface area contributed by atoms with Gasteiger partial charge in [0.1, 0.15) is 0 Å². The average molecular weight is 310 g/mol. The SMILES string of the molecule is CNc1cc(C)c(S(=O)(=O)N(C)CC2CCCC2)c(C)c1. The lowest BCUT2D eigenvalue weighted by Crippen LogP contribution is -2.32. The summed E-state index contributed by atoms with van der Waals surface area (Å²) < 4.78 is 27.3. The molecule has 1 aromatic rings. The van der Waals surface area contributed by atoms with Crippen molar-refractivity contribution < 1.29 is 8.42 Å². The molecule has 1 aliphatic carbocycles. The third kappa shape index (κ3) is 3.40. The molecule has 1 aliphatic rings. The van der Waals surface area contributed by atoms with Crippen LogP contribution in [0.5, 0.6) is 0 Å². The first-order valence-corrected chi connectivity index (χ1v) is 9.05. The molecule has 0 aliphatic heterocycles. The second-order valence-corrected chi connectivity index (χ2v) is 8.11. The van der Waals surface area contributed by atoms with Crippen molar-refractivity contribution in [2.24, 2.45) is 5.92 Å². The molecule has 0 bridgehead atoms. The average Bonchev–Trinajstić information content (AvgIpc) is 2.90. The fourth-order valence-electron chi connectivity index (χ4n) is 3.31. The van der Waals surface area contributed by atoms with E-state index in [0.717, 1.165) is 29.7 Å². The van der Waals surface area contributed by atoms with Gasteiger partial charge in [-0.1, -0.05) is 12.8 Å². The van der Waals surface area contributed by atoms with Crippen molar-refractivity contribution in [1.82, 2.24) is 4.31 Å². The highest BCUT2D eigenvalue weighted by atomic mass is 32.2. The number of sulfonamides is 1. The predicted octanol–water partition coefficient (Wildman–Crippen LogP) is 3.16. The molecule has 0 radical (unpaired) electrons. The van der Waals surface area contributed by atoms with Crippen LogP contribution in [0.2, 0.25) is 0 Å². The standard InChI is InChI=1S/C16H26N2O2S/c1-12-9-15(17-3)10-13(2)16(12)21(19,20)18(4)11-14-7-5-6-8-14/h9-10,14,17H,5-8,11H2,1-4H3. The van der Waals surface area contributed by atoms with Gasteiger partial charge < -0.3 is 5.32 Å². The van der Waals surface area contributed by atoms with Crippen LogP contribution in [0, 0.1) is 19.8 Å². The first-order chi connectivity index (χ1) is 9.86. The quantitative estimate of drug-likeness (QED) is 0.909. The summed E-state index contributed by atoms with van der Waals surface area (Å²) in [7, 11) is 0.142. The monoisotopic (exact) mass is 310 g/mol. The van der Waals surface area contributed by atoms with E-state index in [4.69, 9.17) is 0 Å². The van der Waals surface area contributed by atoms with Crippen molar-refractivity contribution in [2.75, 3.05) is 26.0 Å². The molecule has 0 aromatic heterocycles. The van der Waals surface area contributed by atoms with Gasteiger partial charge in [-0.15, -0.1) is 0 Å². The number of rotatable bonds is 5. The van der Waals surface area contributed by atoms with Gasteiger partial charge in [0.2, 0.25) is 10.0 Å². The largest absolute Gasteiger partial charge is 0.388 e. The lowest BCUT2D eigenvalue weighted by atomic mass is 10.1. The first-order valence-electron chi connectivity index (χ1n) is 7.61. The summed E-state index contributed by atoms with van der Waals surface area (Å²) >= 11 is 0. The van der Waals surface area contributed by atoms with Crippen LogP contribution in [-0.2, 0) is 10.0 Å². The minimum absolute atomic E-state index is 0.460. The highest BCUT2D eigenvalue weighted by Gasteiger charge is 2.28. The van der Waals surface area contributed by atoms with Gasteiger partial charge in [-0.2, -0.15) is 0 Å². The summed E-state index contributed by atoms with van der Waals surface area (Å²) in [5.41, 5.74) is 2.55. The lowest BCUT2D eigenvalue weighted by molar-refractivity contribution is 0.387. The summed E-state index contributed by atoms with van der Waals surface area (Å²) in [6, 6.07) is 3.78. The van der Waals surface area contributed by atoms with Crippen LogP contribution in [0.3, 0.4) is 0 Å². The zero-order valence-corrected chi connectivity index (χ0v) is 14.3. The third-order valence-corrected chi connectivity index (χ3v) is 6.54. The number of aryl methyl sites for hydroxylation is 2. The maximum atomic E-state index is 12.9. The molecule has 118 valence electrons. The van der Waals surface area contributed by atoms with E-state index >= 15 is 0 Å². The molecule has 0 saturated heterocycles. The minimum atomic E-state index is -3.41. The Balaban J connectivity index is 2.30. The predicted molar refractivity (Wildman–Crippen MR) is 87.2 cm³/mol. The summed E-state index contributed by atoms with van der Waals surface area (Å²) in [4.78, 5) is 0.460. The molecule has 2 rings (SSSR count). The Morgan fingerprint density at radius 2 is 1.71 bits per heavy atom. The van der Waals surface area contributed by atoms with Crippen molar-refractivity contribution in [3.63, 3.8) is 0 Å². The molecule has 21 heavy (non-hydrogen) atoms. The van der Waals surface area contributed by atoms with Crippen LogP contribution in [0.1, 0.15) is 36.8 Å². The molecule has 5 heteroatoms. The smallest absolute Gasteiger partial charge is 0.243 e. The molecule has 4 nitrogen and oxygen atoms in total. The molecule has 0 amide bonds. The van der Waals surface area contributed by atoms with E-state index in [2.05, 4.69) is 5.32 Å². The van der Waals surface area contributed by atoms with Gasteiger partial charge in [0.05, 0.1) is 4.90 Å². The second kappa shape index (κ2) is 6.36. The van der Waals surface area contributed by atoms with Crippen molar-refractivity contribution in [3.8, 4) is 0 Å². The Morgan fingerprint density at radius 1 is 1.19 bits per heavy atom. The minimum Gasteiger partial charge on any atom is -0.388 e. The number of hydrogen-bond acceptors (Lipinski definition) is 3. The Morgan fingerprint density at radius 3 is 2.19 bits per heavy atom. The van der Waals surface area contributed by atoms with Crippen molar-refractivity contribution in [1.29, 1.82) is 0 Å². The zero-order chi connectivity index (χ0) is 15.6. The Hall–Kier alpha value is -1.07. The number of hydrogen-bond donors (Lipinski definition) is 1. The van der Waals surface area contributed by atoms with Gasteiger partial charge in [-0.25, -0.2) is 12.7 Å². The molecule has 0 heterocycles. The highest BCUT2D eigenvalue weighted by Crippen LogP contribution is 2.30. The molecule has 1 aromatic carbocycles. The molecule has 1 saturated carbocycles. The van der Waals surface area contributed by atoms with Crippen LogP contribution < -0.4 is 5.32 Å². The van der Waals surface area contributed by atoms with Crippen LogP contribution in [0.4, 0.5) is 5.69 Å². The van der Waals surface area contributed by atoms with Crippen LogP contribution in [0.25, 0.3) is 0 Å². The molecular formula is C16H26N2O2S. The number of nitrogens with zero attached hydrogens (tertiary/aromatic N) is 1. The molecular weight excluding hydrogens is 284 g/mol. The van der Waals surface area contributed by atoms with E-state index in [-0.39, 0.29) is 0 Å². The van der Waals surface area contributed by atoms with Crippen molar-refractivity contribution in [3.05, 3.63) is 23.3 Å². The van der Waals surface area contributed by atoms with Crippen LogP contribution in [0.15, 0.2) is 17.0 Å². The number of anilines is 1. The Labute approximate surface area is 128 Å². The second-order valence-electron chi connectivity index (χ2n) is 6.13. The van der Waals surface area contributed by atoms with Crippen molar-refractivity contribution >= 4 is 15.7 Å². The summed E-state index contributed by atoms with van der Waals surface area (Å²) in [6.07, 6.45) is 4.76. The van der Waals surface area contributed by atoms with Crippen LogP contribution >= 0.6 is 0 Å². The topological polar surface area (TPSA) is 49.4 Å². The zero-order valence-electron chi connectivity index (χ0n) is 13.4. The van der Waals surface area contributed by atoms with Crippen molar-refractivity contribution in [2.45, 2.75) is 44.4 Å². The van der Waals surface area contributed by atoms with Gasteiger partial charge in [0, 0.05) is 26.3 Å². The number of benzene rings is 1. The van der Waals surface area contributed by atoms with E-state index in [1.165, 1.54) is 17.1 Å². The summed E-state index contributed by atoms with van der Waals surface area (Å²) in [5.74, 6) is 0.516. The summed E-state index contributed by atoms with van der Waals surface area (Å²) in [6.45, 7) is 4.36. The highest BCUT2D eigenvalue weighted by molar-refractivity contribution is 7.89. The maximum absolute atomic E-state index is 12.9. The van der Waals surface area contributed by atoms with E-state index in [9.17, 15) is 8.42 Å². The van der Waals surface area contributed by atoms with E-state index in [1.807, 2.05) is 33.0 Å². The van der Waals surface area contributed by atoms with Crippen LogP contribution in [-0.4, -0.2) is 33.4 Å². The van der Waals surface area contributed by atoms with E-state index < -0.39 is 10.0 Å². The molecule has 1 N–H and O–H groups in total. The molecule has 0 spiro atoms. The summed E-state index contributed by atoms with van der Waals surface area (Å²) in [5, 5.41) is 3.07. The fourth-order valence-corrected chi connectivity index (χ4v) is 4.96. The fraction of sp³-hybridized carbons (Fsp3) is 0.625. The Bertz CT molecular complexity index is 582. The molecule has 0 atom stereocenters. The van der Waals surface area contributed by atoms with Gasteiger partial charge in [-0.05, 0) is 55.9 Å². The van der Waals surface area contributed by atoms with Gasteiger partial charge >= 0.3 is 0 Å². The molecule has 1 fully saturated rings. The van der Waals surface area contributed by atoms with E-state index in [0.29, 0.717) is 17.4 Å². The maximum Gasteiger partial charge on any atom is 0.243 e. The Kier molecular flexibility index (Phi) is 4.94. The normalized spacial score (nSPS) is 16.6. The molecule has 0 unspecified atom stereocenters. The van der Waals surface area contributed by atoms with Gasteiger partial charge in [0.15, 0.2) is 0 Å². The third-order valence-electron chi connectivity index (χ3n) is 4.41. The number of nitrogens with one attached hydrogen (secondary N) is 1. The van der Waals surface area contributed by atoms with Gasteiger partial charge in [-0.3, -0.25) is 0 Å². The lowest BCUT2D eigenvalue weighted by Gasteiger charge is -2.23. The van der Waals surface area contributed by atoms with Gasteiger partial charge in [0.25, 0.3) is 0 Å². The first kappa shape index (κ1) is 16.3. The van der Waals surface area contributed by atoms with E-state index in [1.54, 1.807) is 7.05 Å².